The van der Waals surface area contributed by atoms with E-state index in [-0.39, 0.29) is 13.2 Å². The van der Waals surface area contributed by atoms with Gasteiger partial charge in [0.1, 0.15) is 19.3 Å². The van der Waals surface area contributed by atoms with Gasteiger partial charge < -0.3 is 19.5 Å². The first-order valence-electron chi connectivity index (χ1n) is 10.7. The van der Waals surface area contributed by atoms with Gasteiger partial charge in [-0.2, -0.15) is 0 Å². The van der Waals surface area contributed by atoms with Gasteiger partial charge >= 0.3 is 12.2 Å². The number of hydrogen-bond donors (Lipinski definition) is 3. The van der Waals surface area contributed by atoms with Crippen molar-refractivity contribution in [1.82, 2.24) is 5.32 Å². The maximum Gasteiger partial charge on any atom is 0.411 e. The molecule has 3 amide bonds. The molecule has 2 aromatic carbocycles. The van der Waals surface area contributed by atoms with Gasteiger partial charge in [-0.15, -0.1) is 0 Å². The third-order valence-corrected chi connectivity index (χ3v) is 4.39. The van der Waals surface area contributed by atoms with Gasteiger partial charge in [0.2, 0.25) is 6.41 Å². The van der Waals surface area contributed by atoms with Gasteiger partial charge in [0.15, 0.2) is 0 Å². The third-order valence-electron chi connectivity index (χ3n) is 4.39. The average molecular weight is 468 g/mol. The highest BCUT2D eigenvalue weighted by Crippen LogP contribution is 2.08. The minimum atomic E-state index is -0.602. The number of methoxy groups -OCH3 is 1. The van der Waals surface area contributed by atoms with Crippen LogP contribution in [-0.2, 0) is 19.0 Å². The molecule has 0 fully saturated rings. The van der Waals surface area contributed by atoms with Gasteiger partial charge in [0.05, 0.1) is 0 Å². The van der Waals surface area contributed by atoms with E-state index in [2.05, 4.69) is 16.0 Å². The van der Waals surface area contributed by atoms with Crippen LogP contribution in [0.1, 0.15) is 12.8 Å². The number of amides is 3. The number of benzene rings is 2. The Kier molecular flexibility index (Phi) is 12.0. The monoisotopic (exact) mass is 467 g/mol. The highest BCUT2D eigenvalue weighted by Gasteiger charge is 2.15. The second-order valence-electron chi connectivity index (χ2n) is 6.94. The first kappa shape index (κ1) is 26.1. The van der Waals surface area contributed by atoms with E-state index in [0.717, 1.165) is 18.5 Å². The Morgan fingerprint density at radius 1 is 0.882 bits per heavy atom. The van der Waals surface area contributed by atoms with Gasteiger partial charge in [0, 0.05) is 24.2 Å². The van der Waals surface area contributed by atoms with Crippen molar-refractivity contribution in [2.24, 2.45) is 0 Å². The zero-order valence-corrected chi connectivity index (χ0v) is 18.9. The molecule has 1 atom stereocenters. The Morgan fingerprint density at radius 2 is 1.47 bits per heavy atom. The van der Waals surface area contributed by atoms with Crippen molar-refractivity contribution in [1.29, 1.82) is 0 Å². The Balaban J connectivity index is 0.000000379. The number of hydrogen-bond acceptors (Lipinski definition) is 6. The fourth-order valence-corrected chi connectivity index (χ4v) is 2.66. The number of nitrogens with one attached hydrogen (secondary N) is 3. The predicted octanol–water partition coefficient (Wildman–Crippen LogP) is 4.47. The lowest BCUT2D eigenvalue weighted by atomic mass is 10.1. The SMILES string of the molecule is COC(COC(=O)NC1=CCCC=C1)COC(=O)Nc1ccccc1.O=CNc1ccccc1. The van der Waals surface area contributed by atoms with Gasteiger partial charge in [-0.3, -0.25) is 15.4 Å². The molecule has 3 N–H and O–H groups in total. The summed E-state index contributed by atoms with van der Waals surface area (Å²) >= 11 is 0. The fourth-order valence-electron chi connectivity index (χ4n) is 2.66. The van der Waals surface area contributed by atoms with Crippen LogP contribution in [0.25, 0.3) is 0 Å². The maximum absolute atomic E-state index is 11.7. The van der Waals surface area contributed by atoms with Crippen LogP contribution in [0.2, 0.25) is 0 Å². The first-order chi connectivity index (χ1) is 16.6. The Bertz CT molecular complexity index is 948. The summed E-state index contributed by atoms with van der Waals surface area (Å²) in [4.78, 5) is 33.3. The van der Waals surface area contributed by atoms with Crippen molar-refractivity contribution in [3.8, 4) is 0 Å². The molecule has 180 valence electrons. The molecular formula is C25H29N3O6. The van der Waals surface area contributed by atoms with Crippen LogP contribution >= 0.6 is 0 Å². The van der Waals surface area contributed by atoms with E-state index in [1.165, 1.54) is 7.11 Å². The molecule has 0 saturated heterocycles. The lowest BCUT2D eigenvalue weighted by molar-refractivity contribution is -0.105. The van der Waals surface area contributed by atoms with Crippen LogP contribution in [-0.4, -0.2) is 45.0 Å². The molecule has 0 heterocycles. The lowest BCUT2D eigenvalue weighted by Crippen LogP contribution is -2.31. The van der Waals surface area contributed by atoms with Crippen LogP contribution in [0.15, 0.2) is 84.6 Å². The number of para-hydroxylation sites is 2. The van der Waals surface area contributed by atoms with Gasteiger partial charge in [-0.05, 0) is 43.2 Å². The molecule has 2 aromatic rings. The molecular weight excluding hydrogens is 438 g/mol. The van der Waals surface area contributed by atoms with Gasteiger partial charge in [-0.1, -0.05) is 48.6 Å². The zero-order chi connectivity index (χ0) is 24.4. The Labute approximate surface area is 198 Å². The van der Waals surface area contributed by atoms with Crippen molar-refractivity contribution in [3.05, 3.63) is 84.6 Å². The summed E-state index contributed by atoms with van der Waals surface area (Å²) in [6, 6.07) is 18.2. The number of anilines is 2. The highest BCUT2D eigenvalue weighted by atomic mass is 16.6. The molecule has 34 heavy (non-hydrogen) atoms. The molecule has 0 aliphatic heterocycles. The minimum Gasteiger partial charge on any atom is -0.446 e. The summed E-state index contributed by atoms with van der Waals surface area (Å²) in [5, 5.41) is 7.75. The van der Waals surface area contributed by atoms with Crippen molar-refractivity contribution < 1.29 is 28.6 Å². The van der Waals surface area contributed by atoms with E-state index in [0.29, 0.717) is 17.8 Å². The average Bonchev–Trinajstić information content (AvgIpc) is 2.87. The molecule has 9 nitrogen and oxygen atoms in total. The Morgan fingerprint density at radius 3 is 2.00 bits per heavy atom. The second kappa shape index (κ2) is 15.7. The summed E-state index contributed by atoms with van der Waals surface area (Å²) in [6.07, 6.45) is 6.52. The third kappa shape index (κ3) is 11.0. The number of carbonyl (C=O) groups is 3. The molecule has 1 unspecified atom stereocenters. The molecule has 0 aromatic heterocycles. The molecule has 3 rings (SSSR count). The molecule has 0 spiro atoms. The summed E-state index contributed by atoms with van der Waals surface area (Å²) in [5.41, 5.74) is 2.17. The number of alkyl carbamates (subject to hydrolysis) is 1. The lowest BCUT2D eigenvalue weighted by Gasteiger charge is -2.16. The van der Waals surface area contributed by atoms with Crippen LogP contribution in [0.5, 0.6) is 0 Å². The van der Waals surface area contributed by atoms with E-state index in [9.17, 15) is 14.4 Å². The molecule has 0 radical (unpaired) electrons. The number of allylic oxidation sites excluding steroid dienone is 3. The minimum absolute atomic E-state index is 0.0298. The van der Waals surface area contributed by atoms with Gasteiger partial charge in [-0.25, -0.2) is 9.59 Å². The predicted molar refractivity (Wildman–Crippen MR) is 129 cm³/mol. The zero-order valence-electron chi connectivity index (χ0n) is 18.9. The second-order valence-corrected chi connectivity index (χ2v) is 6.94. The standard InChI is InChI=1S/C18H22N2O5.C7H7NO/c1-23-16(12-24-17(21)19-14-8-4-2-5-9-14)13-25-18(22)20-15-10-6-3-7-11-15;9-6-8-7-4-2-1-3-5-7/h2,4-6,8-11,16H,3,7,12-13H2,1H3,(H,19,21)(H,20,22);1-6H,(H,8,9). The molecule has 1 aliphatic rings. The van der Waals surface area contributed by atoms with E-state index in [1.54, 1.807) is 24.3 Å². The fraction of sp³-hybridized carbons (Fsp3) is 0.240. The summed E-state index contributed by atoms with van der Waals surface area (Å²) in [6.45, 7) is -0.0665. The number of carbonyl (C=O) groups excluding carboxylic acids is 3. The Hall–Kier alpha value is -4.11. The van der Waals surface area contributed by atoms with E-state index >= 15 is 0 Å². The van der Waals surface area contributed by atoms with Crippen molar-refractivity contribution in [2.75, 3.05) is 31.0 Å². The summed E-state index contributed by atoms with van der Waals surface area (Å²) < 4.78 is 15.3. The summed E-state index contributed by atoms with van der Waals surface area (Å²) in [5.74, 6) is 0. The van der Waals surface area contributed by atoms with Crippen molar-refractivity contribution in [3.63, 3.8) is 0 Å². The van der Waals surface area contributed by atoms with Crippen LogP contribution in [0.3, 0.4) is 0 Å². The number of rotatable bonds is 9. The quantitative estimate of drug-likeness (QED) is 0.469. The van der Waals surface area contributed by atoms with Crippen LogP contribution < -0.4 is 16.0 Å². The number of ether oxygens (including phenoxy) is 3. The molecule has 0 saturated carbocycles. The van der Waals surface area contributed by atoms with Crippen LogP contribution in [0, 0.1) is 0 Å². The van der Waals surface area contributed by atoms with Crippen molar-refractivity contribution in [2.45, 2.75) is 18.9 Å². The van der Waals surface area contributed by atoms with Crippen LogP contribution in [0.4, 0.5) is 21.0 Å². The smallest absolute Gasteiger partial charge is 0.411 e. The topological polar surface area (TPSA) is 115 Å². The van der Waals surface area contributed by atoms with E-state index in [4.69, 9.17) is 14.2 Å². The van der Waals surface area contributed by atoms with Gasteiger partial charge in [0.25, 0.3) is 0 Å². The highest BCUT2D eigenvalue weighted by molar-refractivity contribution is 5.84. The van der Waals surface area contributed by atoms with E-state index < -0.39 is 18.3 Å². The molecule has 9 heteroatoms. The normalized spacial score (nSPS) is 12.7. The molecule has 1 aliphatic carbocycles. The first-order valence-corrected chi connectivity index (χ1v) is 10.7. The largest absolute Gasteiger partial charge is 0.446 e. The maximum atomic E-state index is 11.7. The van der Waals surface area contributed by atoms with E-state index in [1.807, 2.05) is 54.6 Å². The summed E-state index contributed by atoms with van der Waals surface area (Å²) in [7, 11) is 1.46. The van der Waals surface area contributed by atoms with Crippen molar-refractivity contribution >= 4 is 30.0 Å². The molecule has 0 bridgehead atoms.